The topological polar surface area (TPSA) is 79.6 Å². The molecule has 0 radical (unpaired) electrons. The summed E-state index contributed by atoms with van der Waals surface area (Å²) in [5.41, 5.74) is 2.18. The molecule has 1 heterocycles. The van der Waals surface area contributed by atoms with E-state index in [1.165, 1.54) is 4.90 Å². The van der Waals surface area contributed by atoms with E-state index in [9.17, 15) is 14.9 Å². The lowest BCUT2D eigenvalue weighted by molar-refractivity contribution is -0.123. The lowest BCUT2D eigenvalue weighted by Gasteiger charge is -2.13. The van der Waals surface area contributed by atoms with Crippen LogP contribution in [0.4, 0.5) is 4.79 Å². The molecule has 2 amide bonds. The van der Waals surface area contributed by atoms with Crippen molar-refractivity contribution in [2.75, 3.05) is 13.2 Å². The lowest BCUT2D eigenvalue weighted by atomic mass is 10.1. The van der Waals surface area contributed by atoms with Gasteiger partial charge in [0.25, 0.3) is 11.1 Å². The summed E-state index contributed by atoms with van der Waals surface area (Å²) in [7, 11) is 0. The van der Waals surface area contributed by atoms with E-state index in [0.717, 1.165) is 22.9 Å². The van der Waals surface area contributed by atoms with Gasteiger partial charge in [-0.05, 0) is 53.7 Å². The van der Waals surface area contributed by atoms with E-state index < -0.39 is 0 Å². The van der Waals surface area contributed by atoms with Gasteiger partial charge in [-0.1, -0.05) is 48.5 Å². The Bertz CT molecular complexity index is 1220. The third-order valence-corrected chi connectivity index (χ3v) is 5.82. The van der Waals surface area contributed by atoms with Crippen molar-refractivity contribution in [3.8, 4) is 17.6 Å². The Kier molecular flexibility index (Phi) is 7.08. The first-order valence-electron chi connectivity index (χ1n) is 10.3. The minimum Gasteiger partial charge on any atom is -0.492 e. The maximum absolute atomic E-state index is 12.7. The number of benzene rings is 3. The lowest BCUT2D eigenvalue weighted by Crippen LogP contribution is -2.32. The van der Waals surface area contributed by atoms with E-state index in [4.69, 9.17) is 9.47 Å². The number of ether oxygens (including phenoxy) is 2. The van der Waals surface area contributed by atoms with Crippen LogP contribution in [0.25, 0.3) is 6.08 Å². The molecule has 0 N–H and O–H groups in total. The van der Waals surface area contributed by atoms with Crippen molar-refractivity contribution >= 4 is 29.0 Å². The van der Waals surface area contributed by atoms with E-state index in [0.29, 0.717) is 22.0 Å². The molecule has 3 aromatic rings. The molecular weight excluding hydrogens is 436 g/mol. The SMILES string of the molecule is N#Cc1ccccc1COc1ccc(/C=C2\SC(=O)N(CCOc3ccccc3)C2=O)cc1. The molecule has 6 nitrogen and oxygen atoms in total. The highest BCUT2D eigenvalue weighted by molar-refractivity contribution is 8.18. The molecule has 4 rings (SSSR count). The Morgan fingerprint density at radius 1 is 0.879 bits per heavy atom. The number of rotatable bonds is 8. The Balaban J connectivity index is 1.34. The van der Waals surface area contributed by atoms with Crippen molar-refractivity contribution in [3.05, 3.63) is 100 Å². The first-order valence-corrected chi connectivity index (χ1v) is 11.1. The maximum atomic E-state index is 12.7. The zero-order valence-electron chi connectivity index (χ0n) is 17.6. The predicted molar refractivity (Wildman–Crippen MR) is 127 cm³/mol. The molecule has 33 heavy (non-hydrogen) atoms. The van der Waals surface area contributed by atoms with Gasteiger partial charge in [0.2, 0.25) is 0 Å². The van der Waals surface area contributed by atoms with E-state index in [-0.39, 0.29) is 30.9 Å². The summed E-state index contributed by atoms with van der Waals surface area (Å²) in [5.74, 6) is 1.01. The van der Waals surface area contributed by atoms with Crippen LogP contribution in [0.2, 0.25) is 0 Å². The Morgan fingerprint density at radius 3 is 2.33 bits per heavy atom. The number of hydrogen-bond donors (Lipinski definition) is 0. The van der Waals surface area contributed by atoms with Crippen LogP contribution in [-0.2, 0) is 11.4 Å². The number of carbonyl (C=O) groups excluding carboxylic acids is 2. The van der Waals surface area contributed by atoms with Crippen molar-refractivity contribution < 1.29 is 19.1 Å². The Hall–Kier alpha value is -4.02. The normalized spacial score (nSPS) is 14.4. The van der Waals surface area contributed by atoms with Crippen molar-refractivity contribution in [2.45, 2.75) is 6.61 Å². The van der Waals surface area contributed by atoms with E-state index in [1.807, 2.05) is 60.7 Å². The number of carbonyl (C=O) groups is 2. The fourth-order valence-corrected chi connectivity index (χ4v) is 4.06. The van der Waals surface area contributed by atoms with E-state index in [1.54, 1.807) is 24.3 Å². The molecule has 164 valence electrons. The van der Waals surface area contributed by atoms with E-state index >= 15 is 0 Å². The minimum atomic E-state index is -0.324. The average Bonchev–Trinajstić information content (AvgIpc) is 3.11. The monoisotopic (exact) mass is 456 g/mol. The van der Waals surface area contributed by atoms with Crippen LogP contribution in [0.3, 0.4) is 0 Å². The van der Waals surface area contributed by atoms with Crippen molar-refractivity contribution in [1.82, 2.24) is 4.90 Å². The maximum Gasteiger partial charge on any atom is 0.293 e. The van der Waals surface area contributed by atoms with Gasteiger partial charge in [-0.15, -0.1) is 0 Å². The van der Waals surface area contributed by atoms with E-state index in [2.05, 4.69) is 6.07 Å². The summed E-state index contributed by atoms with van der Waals surface area (Å²) < 4.78 is 11.4. The molecule has 1 aliphatic rings. The molecule has 0 atom stereocenters. The second kappa shape index (κ2) is 10.5. The number of hydrogen-bond acceptors (Lipinski definition) is 6. The average molecular weight is 457 g/mol. The summed E-state index contributed by atoms with van der Waals surface area (Å²) in [5, 5.41) is 8.86. The van der Waals surface area contributed by atoms with Crippen LogP contribution in [-0.4, -0.2) is 29.2 Å². The van der Waals surface area contributed by atoms with Crippen LogP contribution in [0.15, 0.2) is 83.8 Å². The van der Waals surface area contributed by atoms with Gasteiger partial charge < -0.3 is 9.47 Å². The summed E-state index contributed by atoms with van der Waals surface area (Å²) >= 11 is 0.920. The van der Waals surface area contributed by atoms with Crippen molar-refractivity contribution in [2.24, 2.45) is 0 Å². The van der Waals surface area contributed by atoms with Gasteiger partial charge in [0.05, 0.1) is 23.1 Å². The highest BCUT2D eigenvalue weighted by Crippen LogP contribution is 2.32. The first-order chi connectivity index (χ1) is 16.1. The minimum absolute atomic E-state index is 0.188. The summed E-state index contributed by atoms with van der Waals surface area (Å²) in [6, 6.07) is 25.9. The predicted octanol–water partition coefficient (Wildman–Crippen LogP) is 5.25. The molecular formula is C26H20N2O4S. The van der Waals surface area contributed by atoms with Crippen molar-refractivity contribution in [1.29, 1.82) is 5.26 Å². The largest absolute Gasteiger partial charge is 0.492 e. The summed E-state index contributed by atoms with van der Waals surface area (Å²) in [6.07, 6.45) is 1.69. The molecule has 0 saturated carbocycles. The molecule has 0 unspecified atom stereocenters. The van der Waals surface area contributed by atoms with Gasteiger partial charge in [0.1, 0.15) is 24.7 Å². The van der Waals surface area contributed by atoms with Crippen LogP contribution >= 0.6 is 11.8 Å². The zero-order valence-corrected chi connectivity index (χ0v) is 18.5. The Morgan fingerprint density at radius 2 is 1.58 bits per heavy atom. The molecule has 1 saturated heterocycles. The quantitative estimate of drug-likeness (QED) is 0.431. The number of nitriles is 1. The summed E-state index contributed by atoms with van der Waals surface area (Å²) in [4.78, 5) is 26.5. The van der Waals surface area contributed by atoms with Crippen LogP contribution in [0.1, 0.15) is 16.7 Å². The number of amides is 2. The highest BCUT2D eigenvalue weighted by atomic mass is 32.2. The standard InChI is InChI=1S/C26H20N2O4S/c27-17-20-6-4-5-7-21(20)18-32-23-12-10-19(11-13-23)16-24-25(29)28(26(30)33-24)14-15-31-22-8-2-1-3-9-22/h1-13,16H,14-15,18H2/b24-16-. The third-order valence-electron chi connectivity index (χ3n) is 4.91. The van der Waals surface area contributed by atoms with Gasteiger partial charge in [-0.3, -0.25) is 14.5 Å². The molecule has 1 fully saturated rings. The molecule has 0 bridgehead atoms. The second-order valence-corrected chi connectivity index (χ2v) is 8.11. The molecule has 0 aromatic heterocycles. The van der Waals surface area contributed by atoms with Crippen LogP contribution in [0, 0.1) is 11.3 Å². The van der Waals surface area contributed by atoms with Crippen molar-refractivity contribution in [3.63, 3.8) is 0 Å². The van der Waals surface area contributed by atoms with Gasteiger partial charge in [-0.25, -0.2) is 0 Å². The Labute approximate surface area is 196 Å². The number of nitrogens with zero attached hydrogens (tertiary/aromatic N) is 2. The smallest absolute Gasteiger partial charge is 0.293 e. The molecule has 0 aliphatic carbocycles. The molecule has 1 aliphatic heterocycles. The number of thioether (sulfide) groups is 1. The fourth-order valence-electron chi connectivity index (χ4n) is 3.19. The van der Waals surface area contributed by atoms with Gasteiger partial charge in [-0.2, -0.15) is 5.26 Å². The highest BCUT2D eigenvalue weighted by Gasteiger charge is 2.34. The van der Waals surface area contributed by atoms with Gasteiger partial charge in [0.15, 0.2) is 0 Å². The first kappa shape index (κ1) is 22.2. The molecule has 7 heteroatoms. The molecule has 0 spiro atoms. The fraction of sp³-hybridized carbons (Fsp3) is 0.115. The number of para-hydroxylation sites is 1. The van der Waals surface area contributed by atoms with Crippen LogP contribution in [0.5, 0.6) is 11.5 Å². The summed E-state index contributed by atoms with van der Waals surface area (Å²) in [6.45, 7) is 0.706. The third kappa shape index (κ3) is 5.62. The zero-order chi connectivity index (χ0) is 23.0. The van der Waals surface area contributed by atoms with Gasteiger partial charge in [0, 0.05) is 5.56 Å². The number of imide groups is 1. The van der Waals surface area contributed by atoms with Crippen LogP contribution < -0.4 is 9.47 Å². The van der Waals surface area contributed by atoms with Gasteiger partial charge >= 0.3 is 0 Å². The second-order valence-electron chi connectivity index (χ2n) is 7.12. The molecule has 3 aromatic carbocycles.